The summed E-state index contributed by atoms with van der Waals surface area (Å²) in [5, 5.41) is 0. The zero-order valence-corrected chi connectivity index (χ0v) is 11.6. The van der Waals surface area contributed by atoms with Crippen molar-refractivity contribution in [2.75, 3.05) is 26.2 Å². The predicted octanol–water partition coefficient (Wildman–Crippen LogP) is 1.67. The van der Waals surface area contributed by atoms with Gasteiger partial charge in [0.1, 0.15) is 0 Å². The zero-order chi connectivity index (χ0) is 12.3. The van der Waals surface area contributed by atoms with Crippen molar-refractivity contribution in [3.8, 4) is 0 Å². The highest BCUT2D eigenvalue weighted by atomic mass is 15.3. The largest absolute Gasteiger partial charge is 0.326 e. The molecule has 2 unspecified atom stereocenters. The molecule has 0 radical (unpaired) electrons. The lowest BCUT2D eigenvalue weighted by Gasteiger charge is -2.42. The minimum atomic E-state index is 0.341. The van der Waals surface area contributed by atoms with Gasteiger partial charge in [-0.05, 0) is 26.2 Å². The lowest BCUT2D eigenvalue weighted by Crippen LogP contribution is -2.55. The highest BCUT2D eigenvalue weighted by molar-refractivity contribution is 4.85. The van der Waals surface area contributed by atoms with E-state index >= 15 is 0 Å². The lowest BCUT2D eigenvalue weighted by atomic mass is 10.1. The number of nitrogens with two attached hydrogens (primary N) is 1. The number of piperazine rings is 1. The second-order valence-electron chi connectivity index (χ2n) is 5.82. The molecule has 100 valence electrons. The van der Waals surface area contributed by atoms with Crippen LogP contribution in [-0.2, 0) is 0 Å². The molecule has 1 heterocycles. The summed E-state index contributed by atoms with van der Waals surface area (Å²) in [6.45, 7) is 9.42. The van der Waals surface area contributed by atoms with Gasteiger partial charge in [0.15, 0.2) is 0 Å². The summed E-state index contributed by atoms with van der Waals surface area (Å²) in [6, 6.07) is 1.78. The fourth-order valence-corrected chi connectivity index (χ4v) is 3.39. The number of hydrogen-bond acceptors (Lipinski definition) is 3. The maximum Gasteiger partial charge on any atom is 0.0219 e. The average molecular weight is 239 g/mol. The van der Waals surface area contributed by atoms with E-state index in [9.17, 15) is 0 Å². The van der Waals surface area contributed by atoms with Crippen LogP contribution in [0.1, 0.15) is 46.0 Å². The maximum atomic E-state index is 6.15. The van der Waals surface area contributed by atoms with E-state index in [-0.39, 0.29) is 0 Å². The van der Waals surface area contributed by atoms with Gasteiger partial charge in [-0.25, -0.2) is 0 Å². The van der Waals surface area contributed by atoms with Gasteiger partial charge in [-0.15, -0.1) is 0 Å². The summed E-state index contributed by atoms with van der Waals surface area (Å²) >= 11 is 0. The smallest absolute Gasteiger partial charge is 0.0219 e. The van der Waals surface area contributed by atoms with Gasteiger partial charge in [0.25, 0.3) is 0 Å². The van der Waals surface area contributed by atoms with Crippen molar-refractivity contribution in [2.45, 2.75) is 64.1 Å². The fraction of sp³-hybridized carbons (Fsp3) is 1.00. The van der Waals surface area contributed by atoms with Gasteiger partial charge < -0.3 is 5.73 Å². The highest BCUT2D eigenvalue weighted by Crippen LogP contribution is 2.24. The third-order valence-electron chi connectivity index (χ3n) is 4.86. The first-order chi connectivity index (χ1) is 8.22. The van der Waals surface area contributed by atoms with Crippen LogP contribution in [0.4, 0.5) is 0 Å². The van der Waals surface area contributed by atoms with Gasteiger partial charge in [0, 0.05) is 44.3 Å². The Morgan fingerprint density at radius 2 is 1.71 bits per heavy atom. The standard InChI is InChI=1S/C14H29N3/c1-3-14(15)12(2)16-8-10-17(11-9-16)13-6-4-5-7-13/h12-14H,3-11,15H2,1-2H3. The molecule has 1 aliphatic carbocycles. The molecule has 17 heavy (non-hydrogen) atoms. The van der Waals surface area contributed by atoms with Crippen molar-refractivity contribution < 1.29 is 0 Å². The van der Waals surface area contributed by atoms with Crippen molar-refractivity contribution in [1.29, 1.82) is 0 Å². The summed E-state index contributed by atoms with van der Waals surface area (Å²) in [6.07, 6.45) is 6.85. The van der Waals surface area contributed by atoms with Gasteiger partial charge in [0.05, 0.1) is 0 Å². The van der Waals surface area contributed by atoms with E-state index < -0.39 is 0 Å². The summed E-state index contributed by atoms with van der Waals surface area (Å²) in [5.41, 5.74) is 6.15. The van der Waals surface area contributed by atoms with E-state index in [1.54, 1.807) is 0 Å². The Bertz CT molecular complexity index is 218. The number of hydrogen-bond donors (Lipinski definition) is 1. The quantitative estimate of drug-likeness (QED) is 0.810. The topological polar surface area (TPSA) is 32.5 Å². The molecule has 2 rings (SSSR count). The lowest BCUT2D eigenvalue weighted by molar-refractivity contribution is 0.0671. The zero-order valence-electron chi connectivity index (χ0n) is 11.6. The molecule has 2 atom stereocenters. The molecular weight excluding hydrogens is 210 g/mol. The van der Waals surface area contributed by atoms with Crippen molar-refractivity contribution in [3.63, 3.8) is 0 Å². The number of nitrogens with zero attached hydrogens (tertiary/aromatic N) is 2. The second kappa shape index (κ2) is 6.17. The van der Waals surface area contributed by atoms with Crippen molar-refractivity contribution in [1.82, 2.24) is 9.80 Å². The van der Waals surface area contributed by atoms with Gasteiger partial charge in [0.2, 0.25) is 0 Å². The first kappa shape index (κ1) is 13.3. The van der Waals surface area contributed by atoms with Crippen LogP contribution >= 0.6 is 0 Å². The van der Waals surface area contributed by atoms with Gasteiger partial charge >= 0.3 is 0 Å². The fourth-order valence-electron chi connectivity index (χ4n) is 3.39. The van der Waals surface area contributed by atoms with Crippen LogP contribution in [0.15, 0.2) is 0 Å². The van der Waals surface area contributed by atoms with E-state index in [1.807, 2.05) is 0 Å². The number of rotatable bonds is 4. The molecule has 2 N–H and O–H groups in total. The molecule has 0 aromatic rings. The van der Waals surface area contributed by atoms with E-state index in [1.165, 1.54) is 51.9 Å². The van der Waals surface area contributed by atoms with E-state index in [0.29, 0.717) is 12.1 Å². The molecule has 1 saturated carbocycles. The van der Waals surface area contributed by atoms with Crippen molar-refractivity contribution >= 4 is 0 Å². The van der Waals surface area contributed by atoms with Gasteiger partial charge in [-0.2, -0.15) is 0 Å². The molecule has 0 amide bonds. The monoisotopic (exact) mass is 239 g/mol. The van der Waals surface area contributed by atoms with Crippen LogP contribution in [0.3, 0.4) is 0 Å². The molecule has 0 bridgehead atoms. The normalized spacial score (nSPS) is 28.4. The minimum Gasteiger partial charge on any atom is -0.326 e. The van der Waals surface area contributed by atoms with Gasteiger partial charge in [-0.3, -0.25) is 9.80 Å². The Hall–Kier alpha value is -0.120. The first-order valence-corrected chi connectivity index (χ1v) is 7.46. The van der Waals surface area contributed by atoms with Crippen LogP contribution in [0, 0.1) is 0 Å². The molecule has 1 aliphatic heterocycles. The average Bonchev–Trinajstić information content (AvgIpc) is 2.91. The molecule has 0 aromatic heterocycles. The van der Waals surface area contributed by atoms with Crippen molar-refractivity contribution in [3.05, 3.63) is 0 Å². The molecular formula is C14H29N3. The third kappa shape index (κ3) is 3.21. The van der Waals surface area contributed by atoms with Crippen LogP contribution in [-0.4, -0.2) is 54.1 Å². The van der Waals surface area contributed by atoms with Gasteiger partial charge in [-0.1, -0.05) is 19.8 Å². The molecule has 1 saturated heterocycles. The Labute approximate surface area is 106 Å². The van der Waals surface area contributed by atoms with E-state index in [0.717, 1.165) is 12.5 Å². The second-order valence-corrected chi connectivity index (χ2v) is 5.82. The SMILES string of the molecule is CCC(N)C(C)N1CCN(C2CCCC2)CC1. The molecule has 3 heteroatoms. The van der Waals surface area contributed by atoms with E-state index in [4.69, 9.17) is 5.73 Å². The highest BCUT2D eigenvalue weighted by Gasteiger charge is 2.28. The first-order valence-electron chi connectivity index (χ1n) is 7.46. The van der Waals surface area contributed by atoms with Crippen LogP contribution in [0.5, 0.6) is 0 Å². The molecule has 2 aliphatic rings. The summed E-state index contributed by atoms with van der Waals surface area (Å²) in [7, 11) is 0. The Morgan fingerprint density at radius 3 is 2.24 bits per heavy atom. The van der Waals surface area contributed by atoms with Crippen molar-refractivity contribution in [2.24, 2.45) is 5.73 Å². The van der Waals surface area contributed by atoms with Crippen LogP contribution in [0.25, 0.3) is 0 Å². The Kier molecular flexibility index (Phi) is 4.83. The molecule has 3 nitrogen and oxygen atoms in total. The molecule has 0 spiro atoms. The van der Waals surface area contributed by atoms with Crippen LogP contribution in [0.2, 0.25) is 0 Å². The summed E-state index contributed by atoms with van der Waals surface area (Å²) in [5.74, 6) is 0. The third-order valence-corrected chi connectivity index (χ3v) is 4.86. The minimum absolute atomic E-state index is 0.341. The molecule has 0 aromatic carbocycles. The van der Waals surface area contributed by atoms with Crippen LogP contribution < -0.4 is 5.73 Å². The summed E-state index contributed by atoms with van der Waals surface area (Å²) < 4.78 is 0. The Morgan fingerprint density at radius 1 is 1.12 bits per heavy atom. The van der Waals surface area contributed by atoms with E-state index in [2.05, 4.69) is 23.6 Å². The summed E-state index contributed by atoms with van der Waals surface area (Å²) in [4.78, 5) is 5.30. The molecule has 2 fully saturated rings. The maximum absolute atomic E-state index is 6.15. The Balaban J connectivity index is 1.77. The predicted molar refractivity (Wildman–Crippen MR) is 73.1 cm³/mol.